The summed E-state index contributed by atoms with van der Waals surface area (Å²) in [7, 11) is 4.20. The van der Waals surface area contributed by atoms with Crippen LogP contribution >= 0.6 is 27.5 Å². The zero-order chi connectivity index (χ0) is 12.8. The molecule has 1 N–H and O–H groups in total. The Hall–Kier alpha value is -0.0900. The van der Waals surface area contributed by atoms with Gasteiger partial charge in [0.25, 0.3) is 0 Å². The Balaban J connectivity index is 2.39. The molecule has 1 aromatic rings. The van der Waals surface area contributed by atoms with E-state index < -0.39 is 0 Å². The van der Waals surface area contributed by atoms with E-state index in [1.807, 2.05) is 12.1 Å². The fraction of sp³-hybridized carbons (Fsp3) is 0.538. The van der Waals surface area contributed by atoms with E-state index in [1.54, 1.807) is 0 Å². The van der Waals surface area contributed by atoms with Gasteiger partial charge >= 0.3 is 0 Å². The first-order valence-corrected chi connectivity index (χ1v) is 6.98. The lowest BCUT2D eigenvalue weighted by atomic mass is 10.2. The summed E-state index contributed by atoms with van der Waals surface area (Å²) in [6.45, 7) is 4.19. The highest BCUT2D eigenvalue weighted by Gasteiger charge is 2.05. The molecule has 1 atom stereocenters. The van der Waals surface area contributed by atoms with E-state index in [0.29, 0.717) is 6.04 Å². The molecular formula is C13H20BrClN2. The van der Waals surface area contributed by atoms with Crippen molar-refractivity contribution in [1.29, 1.82) is 0 Å². The molecule has 96 valence electrons. The van der Waals surface area contributed by atoms with E-state index >= 15 is 0 Å². The minimum Gasteiger partial charge on any atom is -0.310 e. The zero-order valence-electron chi connectivity index (χ0n) is 10.6. The maximum atomic E-state index is 5.91. The van der Waals surface area contributed by atoms with Crippen molar-refractivity contribution in [3.8, 4) is 0 Å². The molecule has 0 aliphatic rings. The minimum atomic E-state index is 0.514. The number of rotatable bonds is 6. The van der Waals surface area contributed by atoms with Gasteiger partial charge in [-0.05, 0) is 51.7 Å². The van der Waals surface area contributed by atoms with Crippen LogP contribution in [0.3, 0.4) is 0 Å². The quantitative estimate of drug-likeness (QED) is 0.863. The van der Waals surface area contributed by atoms with Gasteiger partial charge in [-0.25, -0.2) is 0 Å². The smallest absolute Gasteiger partial charge is 0.0417 e. The van der Waals surface area contributed by atoms with Gasteiger partial charge in [0.15, 0.2) is 0 Å². The monoisotopic (exact) mass is 318 g/mol. The van der Waals surface area contributed by atoms with Crippen molar-refractivity contribution in [2.75, 3.05) is 20.6 Å². The normalized spacial score (nSPS) is 13.1. The molecular weight excluding hydrogens is 300 g/mol. The Bertz CT molecular complexity index is 355. The highest BCUT2D eigenvalue weighted by Crippen LogP contribution is 2.21. The third-order valence-corrected chi connectivity index (χ3v) is 3.64. The first-order chi connectivity index (χ1) is 7.99. The average Bonchev–Trinajstić information content (AvgIpc) is 2.25. The predicted molar refractivity (Wildman–Crippen MR) is 78.6 cm³/mol. The Morgan fingerprint density at radius 1 is 1.41 bits per heavy atom. The lowest BCUT2D eigenvalue weighted by Crippen LogP contribution is -2.29. The second-order valence-electron chi connectivity index (χ2n) is 4.61. The molecule has 17 heavy (non-hydrogen) atoms. The summed E-state index contributed by atoms with van der Waals surface area (Å²) in [6.07, 6.45) is 1.15. The van der Waals surface area contributed by atoms with Crippen LogP contribution in [0.1, 0.15) is 18.9 Å². The van der Waals surface area contributed by atoms with E-state index in [4.69, 9.17) is 11.6 Å². The molecule has 0 saturated heterocycles. The molecule has 0 saturated carbocycles. The van der Waals surface area contributed by atoms with Gasteiger partial charge in [0.2, 0.25) is 0 Å². The molecule has 2 nitrogen and oxygen atoms in total. The molecule has 0 aliphatic heterocycles. The minimum absolute atomic E-state index is 0.514. The maximum absolute atomic E-state index is 5.91. The number of nitrogens with zero attached hydrogens (tertiary/aromatic N) is 1. The van der Waals surface area contributed by atoms with Crippen LogP contribution < -0.4 is 5.32 Å². The first-order valence-electron chi connectivity index (χ1n) is 5.81. The van der Waals surface area contributed by atoms with Crippen LogP contribution in [0.25, 0.3) is 0 Å². The fourth-order valence-electron chi connectivity index (χ4n) is 1.50. The topological polar surface area (TPSA) is 15.3 Å². The van der Waals surface area contributed by atoms with Gasteiger partial charge in [0, 0.05) is 22.1 Å². The molecule has 1 unspecified atom stereocenters. The molecule has 0 spiro atoms. The number of hydrogen-bond acceptors (Lipinski definition) is 2. The van der Waals surface area contributed by atoms with Crippen molar-refractivity contribution in [2.24, 2.45) is 0 Å². The highest BCUT2D eigenvalue weighted by atomic mass is 79.9. The van der Waals surface area contributed by atoms with Gasteiger partial charge in [0.1, 0.15) is 0 Å². The van der Waals surface area contributed by atoms with Crippen molar-refractivity contribution in [1.82, 2.24) is 10.2 Å². The van der Waals surface area contributed by atoms with E-state index in [2.05, 4.69) is 53.2 Å². The summed E-state index contributed by atoms with van der Waals surface area (Å²) >= 11 is 9.44. The van der Waals surface area contributed by atoms with E-state index in [0.717, 1.165) is 29.0 Å². The van der Waals surface area contributed by atoms with Crippen LogP contribution in [0.2, 0.25) is 5.02 Å². The summed E-state index contributed by atoms with van der Waals surface area (Å²) in [5, 5.41) is 4.28. The van der Waals surface area contributed by atoms with Crippen molar-refractivity contribution in [3.63, 3.8) is 0 Å². The fourth-order valence-corrected chi connectivity index (χ4v) is 2.33. The second kappa shape index (κ2) is 7.37. The molecule has 0 aromatic heterocycles. The third-order valence-electron chi connectivity index (χ3n) is 2.67. The summed E-state index contributed by atoms with van der Waals surface area (Å²) in [5.74, 6) is 0. The van der Waals surface area contributed by atoms with Gasteiger partial charge < -0.3 is 10.2 Å². The Kier molecular flexibility index (Phi) is 6.49. The van der Waals surface area contributed by atoms with Crippen LogP contribution in [0.4, 0.5) is 0 Å². The molecule has 0 heterocycles. The van der Waals surface area contributed by atoms with Crippen molar-refractivity contribution < 1.29 is 0 Å². The standard InChI is InChI=1S/C13H20BrClN2/c1-10(6-7-17(2)3)16-9-11-4-5-12(15)8-13(11)14/h4-5,8,10,16H,6-7,9H2,1-3H3. The first kappa shape index (κ1) is 15.0. The maximum Gasteiger partial charge on any atom is 0.0417 e. The van der Waals surface area contributed by atoms with Gasteiger partial charge in [0.05, 0.1) is 0 Å². The molecule has 0 radical (unpaired) electrons. The van der Waals surface area contributed by atoms with Crippen molar-refractivity contribution in [2.45, 2.75) is 25.9 Å². The van der Waals surface area contributed by atoms with Crippen LogP contribution in [-0.4, -0.2) is 31.6 Å². The van der Waals surface area contributed by atoms with Gasteiger partial charge in [-0.1, -0.05) is 33.6 Å². The molecule has 0 fully saturated rings. The number of benzene rings is 1. The van der Waals surface area contributed by atoms with Crippen LogP contribution in [0, 0.1) is 0 Å². The molecule has 0 aliphatic carbocycles. The average molecular weight is 320 g/mol. The number of halogens is 2. The van der Waals surface area contributed by atoms with Crippen molar-refractivity contribution in [3.05, 3.63) is 33.3 Å². The highest BCUT2D eigenvalue weighted by molar-refractivity contribution is 9.10. The Labute approximate surface area is 117 Å². The van der Waals surface area contributed by atoms with Gasteiger partial charge in [-0.15, -0.1) is 0 Å². The van der Waals surface area contributed by atoms with E-state index in [-0.39, 0.29) is 0 Å². The Morgan fingerprint density at radius 2 is 2.12 bits per heavy atom. The van der Waals surface area contributed by atoms with Gasteiger partial charge in [-0.3, -0.25) is 0 Å². The van der Waals surface area contributed by atoms with Crippen LogP contribution in [0.5, 0.6) is 0 Å². The molecule has 4 heteroatoms. The lowest BCUT2D eigenvalue weighted by Gasteiger charge is -2.17. The largest absolute Gasteiger partial charge is 0.310 e. The predicted octanol–water partition coefficient (Wildman–Crippen LogP) is 3.53. The third kappa shape index (κ3) is 5.87. The van der Waals surface area contributed by atoms with Crippen molar-refractivity contribution >= 4 is 27.5 Å². The van der Waals surface area contributed by atoms with Crippen LogP contribution in [0.15, 0.2) is 22.7 Å². The van der Waals surface area contributed by atoms with E-state index in [9.17, 15) is 0 Å². The second-order valence-corrected chi connectivity index (χ2v) is 5.90. The molecule has 0 amide bonds. The summed E-state index contributed by atoms with van der Waals surface area (Å²) in [5.41, 5.74) is 1.24. The molecule has 0 bridgehead atoms. The lowest BCUT2D eigenvalue weighted by molar-refractivity contribution is 0.365. The molecule has 1 rings (SSSR count). The Morgan fingerprint density at radius 3 is 2.71 bits per heavy atom. The molecule has 1 aromatic carbocycles. The summed E-state index contributed by atoms with van der Waals surface area (Å²) < 4.78 is 1.07. The summed E-state index contributed by atoms with van der Waals surface area (Å²) in [4.78, 5) is 2.20. The van der Waals surface area contributed by atoms with Crippen LogP contribution in [-0.2, 0) is 6.54 Å². The summed E-state index contributed by atoms with van der Waals surface area (Å²) in [6, 6.07) is 6.43. The number of nitrogens with one attached hydrogen (secondary N) is 1. The number of hydrogen-bond donors (Lipinski definition) is 1. The zero-order valence-corrected chi connectivity index (χ0v) is 13.0. The van der Waals surface area contributed by atoms with E-state index in [1.165, 1.54) is 5.56 Å². The van der Waals surface area contributed by atoms with Gasteiger partial charge in [-0.2, -0.15) is 0 Å². The SMILES string of the molecule is CC(CCN(C)C)NCc1ccc(Cl)cc1Br.